The van der Waals surface area contributed by atoms with Crippen LogP contribution in [0.25, 0.3) is 0 Å². The second-order valence-electron chi connectivity index (χ2n) is 5.71. The molecule has 26 heavy (non-hydrogen) atoms. The van der Waals surface area contributed by atoms with Gasteiger partial charge >= 0.3 is 0 Å². The molecule has 4 rings (SSSR count). The molecule has 0 fully saturated rings. The smallest absolute Gasteiger partial charge is 0.270 e. The first kappa shape index (κ1) is 17.2. The van der Waals surface area contributed by atoms with Gasteiger partial charge in [-0.3, -0.25) is 14.7 Å². The van der Waals surface area contributed by atoms with Crippen molar-refractivity contribution in [1.82, 2.24) is 9.97 Å². The number of aromatic nitrogens is 2. The van der Waals surface area contributed by atoms with Gasteiger partial charge < -0.3 is 0 Å². The molecule has 0 radical (unpaired) electrons. The summed E-state index contributed by atoms with van der Waals surface area (Å²) in [4.78, 5) is 28.3. The van der Waals surface area contributed by atoms with Crippen LogP contribution in [-0.2, 0) is 9.84 Å². The van der Waals surface area contributed by atoms with Gasteiger partial charge in [-0.1, -0.05) is 29.3 Å². The number of carbonyl (C=O) groups excluding carboxylic acids is 1. The molecule has 1 amide bonds. The monoisotopic (exact) mass is 411 g/mol. The average molecular weight is 412 g/mol. The van der Waals surface area contributed by atoms with E-state index >= 15 is 0 Å². The molecule has 1 aromatic carbocycles. The van der Waals surface area contributed by atoms with E-state index in [-0.39, 0.29) is 26.6 Å². The van der Waals surface area contributed by atoms with Crippen molar-refractivity contribution in [3.63, 3.8) is 0 Å². The highest BCUT2D eigenvalue weighted by Crippen LogP contribution is 2.39. The van der Waals surface area contributed by atoms with Crippen molar-refractivity contribution in [2.24, 2.45) is 4.99 Å². The van der Waals surface area contributed by atoms with Crippen LogP contribution < -0.4 is 9.80 Å². The summed E-state index contributed by atoms with van der Waals surface area (Å²) in [6, 6.07) is 4.91. The number of hydrogen-bond acceptors (Lipinski definition) is 7. The van der Waals surface area contributed by atoms with Crippen molar-refractivity contribution in [3.8, 4) is 0 Å². The third kappa shape index (κ3) is 2.54. The highest BCUT2D eigenvalue weighted by molar-refractivity contribution is 7.90. The Kier molecular flexibility index (Phi) is 3.90. The normalized spacial score (nSPS) is 16.4. The lowest BCUT2D eigenvalue weighted by Crippen LogP contribution is -2.51. The van der Waals surface area contributed by atoms with Gasteiger partial charge in [-0.2, -0.15) is 4.98 Å². The van der Waals surface area contributed by atoms with Crippen molar-refractivity contribution in [1.29, 1.82) is 0 Å². The number of sulfone groups is 1. The molecule has 0 atom stereocenters. The second kappa shape index (κ2) is 5.90. The second-order valence-corrected chi connectivity index (χ2v) is 8.43. The average Bonchev–Trinajstić information content (AvgIpc) is 3.05. The molecule has 0 bridgehead atoms. The van der Waals surface area contributed by atoms with Crippen molar-refractivity contribution < 1.29 is 13.2 Å². The van der Waals surface area contributed by atoms with Crippen molar-refractivity contribution >= 4 is 56.4 Å². The zero-order chi connectivity index (χ0) is 18.6. The SMILES string of the molecule is CS(=O)(=O)c1ncc2c(n1)N1CCN=C1N(c1c(Cl)cccc1Cl)C2=O. The zero-order valence-corrected chi connectivity index (χ0v) is 15.7. The molecule has 0 saturated heterocycles. The molecule has 8 nitrogen and oxygen atoms in total. The van der Waals surface area contributed by atoms with E-state index in [0.717, 1.165) is 6.26 Å². The first-order chi connectivity index (χ1) is 12.3. The first-order valence-corrected chi connectivity index (χ1v) is 10.1. The molecular weight excluding hydrogens is 401 g/mol. The summed E-state index contributed by atoms with van der Waals surface area (Å²) >= 11 is 12.5. The number of benzene rings is 1. The number of nitrogens with zero attached hydrogens (tertiary/aromatic N) is 5. The van der Waals surface area contributed by atoms with Gasteiger partial charge in [0.25, 0.3) is 5.91 Å². The van der Waals surface area contributed by atoms with Crippen LogP contribution in [0.5, 0.6) is 0 Å². The van der Waals surface area contributed by atoms with Crippen molar-refractivity contribution in [3.05, 3.63) is 40.0 Å². The number of aliphatic imine (C=N–C) groups is 1. The highest BCUT2D eigenvalue weighted by atomic mass is 35.5. The fraction of sp³-hybridized carbons (Fsp3) is 0.200. The molecule has 2 aliphatic heterocycles. The minimum Gasteiger partial charge on any atom is -0.294 e. The number of carbonyl (C=O) groups is 1. The topological polar surface area (TPSA) is 95.8 Å². The van der Waals surface area contributed by atoms with Crippen LogP contribution in [0.3, 0.4) is 0 Å². The van der Waals surface area contributed by atoms with Crippen LogP contribution in [0, 0.1) is 0 Å². The summed E-state index contributed by atoms with van der Waals surface area (Å²) in [6.45, 7) is 0.854. The summed E-state index contributed by atoms with van der Waals surface area (Å²) in [7, 11) is -3.62. The van der Waals surface area contributed by atoms with E-state index in [1.165, 1.54) is 11.1 Å². The van der Waals surface area contributed by atoms with Crippen LogP contribution in [-0.4, -0.2) is 49.6 Å². The number of anilines is 2. The van der Waals surface area contributed by atoms with Gasteiger partial charge in [-0.05, 0) is 12.1 Å². The fourth-order valence-corrected chi connectivity index (χ4v) is 3.90. The van der Waals surface area contributed by atoms with Gasteiger partial charge in [0.05, 0.1) is 22.3 Å². The maximum Gasteiger partial charge on any atom is 0.270 e. The molecule has 0 N–H and O–H groups in total. The van der Waals surface area contributed by atoms with Gasteiger partial charge in [0.1, 0.15) is 5.56 Å². The minimum atomic E-state index is -3.62. The quantitative estimate of drug-likeness (QED) is 0.701. The Morgan fingerprint density at radius 3 is 2.54 bits per heavy atom. The van der Waals surface area contributed by atoms with Crippen LogP contribution in [0.15, 0.2) is 34.5 Å². The number of rotatable bonds is 2. The predicted molar refractivity (Wildman–Crippen MR) is 98.1 cm³/mol. The molecule has 0 aliphatic carbocycles. The van der Waals surface area contributed by atoms with E-state index in [2.05, 4.69) is 15.0 Å². The number of halogens is 2. The number of para-hydroxylation sites is 1. The maximum absolute atomic E-state index is 13.1. The number of fused-ring (bicyclic) bond motifs is 3. The van der Waals surface area contributed by atoms with E-state index < -0.39 is 15.7 Å². The molecule has 2 aliphatic rings. The molecule has 11 heteroatoms. The molecule has 0 unspecified atom stereocenters. The standard InChI is InChI=1S/C15H11Cl2N5O3S/c1-26(24,25)14-19-7-8-12(20-14)21-6-5-18-15(21)22(13(8)23)11-9(16)3-2-4-10(11)17/h2-4,7H,5-6H2,1H3. The minimum absolute atomic E-state index is 0.147. The van der Waals surface area contributed by atoms with E-state index in [4.69, 9.17) is 23.2 Å². The molecule has 3 heterocycles. The van der Waals surface area contributed by atoms with E-state index in [1.807, 2.05) is 0 Å². The fourth-order valence-electron chi connectivity index (χ4n) is 2.84. The summed E-state index contributed by atoms with van der Waals surface area (Å²) in [6.07, 6.45) is 2.21. The maximum atomic E-state index is 13.1. The van der Waals surface area contributed by atoms with E-state index in [9.17, 15) is 13.2 Å². The van der Waals surface area contributed by atoms with Gasteiger partial charge in [-0.15, -0.1) is 0 Å². The van der Waals surface area contributed by atoms with Crippen LogP contribution in [0.4, 0.5) is 11.5 Å². The zero-order valence-electron chi connectivity index (χ0n) is 13.3. The summed E-state index contributed by atoms with van der Waals surface area (Å²) < 4.78 is 23.5. The van der Waals surface area contributed by atoms with Crippen LogP contribution >= 0.6 is 23.2 Å². The summed E-state index contributed by atoms with van der Waals surface area (Å²) in [5.41, 5.74) is 0.457. The van der Waals surface area contributed by atoms with Crippen molar-refractivity contribution in [2.45, 2.75) is 5.16 Å². The Bertz CT molecular complexity index is 1070. The predicted octanol–water partition coefficient (Wildman–Crippen LogP) is 2.02. The Hall–Kier alpha value is -2.23. The molecule has 0 spiro atoms. The molecular formula is C15H11Cl2N5O3S. The van der Waals surface area contributed by atoms with Crippen LogP contribution in [0.2, 0.25) is 10.0 Å². The Morgan fingerprint density at radius 2 is 1.88 bits per heavy atom. The van der Waals surface area contributed by atoms with Crippen molar-refractivity contribution in [2.75, 3.05) is 29.1 Å². The Morgan fingerprint density at radius 1 is 1.19 bits per heavy atom. The third-order valence-electron chi connectivity index (χ3n) is 3.95. The van der Waals surface area contributed by atoms with E-state index in [1.54, 1.807) is 23.1 Å². The van der Waals surface area contributed by atoms with Gasteiger partial charge in [0, 0.05) is 19.0 Å². The molecule has 134 valence electrons. The highest BCUT2D eigenvalue weighted by Gasteiger charge is 2.41. The number of guanidine groups is 1. The lowest BCUT2D eigenvalue weighted by molar-refractivity contribution is 0.0999. The number of amides is 1. The van der Waals surface area contributed by atoms with E-state index in [0.29, 0.717) is 24.7 Å². The Balaban J connectivity index is 1.94. The molecule has 1 aromatic heterocycles. The third-order valence-corrected chi connectivity index (χ3v) is 5.42. The first-order valence-electron chi connectivity index (χ1n) is 7.46. The lowest BCUT2D eigenvalue weighted by atomic mass is 10.1. The summed E-state index contributed by atoms with van der Waals surface area (Å²) in [5.74, 6) is 0.0312. The lowest BCUT2D eigenvalue weighted by Gasteiger charge is -2.35. The van der Waals surface area contributed by atoms with Gasteiger partial charge in [-0.25, -0.2) is 18.3 Å². The summed E-state index contributed by atoms with van der Waals surface area (Å²) in [5, 5.41) is 0.231. The molecule has 2 aromatic rings. The van der Waals surface area contributed by atoms with Crippen LogP contribution in [0.1, 0.15) is 10.4 Å². The Labute approximate surface area is 159 Å². The van der Waals surface area contributed by atoms with Gasteiger partial charge in [0.2, 0.25) is 21.0 Å². The largest absolute Gasteiger partial charge is 0.294 e. The van der Waals surface area contributed by atoms with Gasteiger partial charge in [0.15, 0.2) is 5.82 Å². The number of hydrogen-bond donors (Lipinski definition) is 0. The molecule has 0 saturated carbocycles.